The molecule has 7 N–H and O–H groups in total. The number of likely N-dealkylation sites (N-methyl/N-ethyl adjacent to an activating group) is 1. The predicted molar refractivity (Wildman–Crippen MR) is 295 cm³/mol. The molecule has 2 atom stereocenters. The van der Waals surface area contributed by atoms with Gasteiger partial charge in [-0.05, 0) is 159 Å². The number of aliphatic imine (C=N–C) groups is 1. The Morgan fingerprint density at radius 3 is 2.00 bits per heavy atom. The van der Waals surface area contributed by atoms with Crippen LogP contribution in [-0.4, -0.2) is 106 Å². The van der Waals surface area contributed by atoms with Crippen LogP contribution in [-0.2, 0) is 30.3 Å². The first-order valence-corrected chi connectivity index (χ1v) is 26.0. The Morgan fingerprint density at radius 1 is 0.819 bits per heavy atom. The molecule has 17 heteroatoms. The van der Waals surface area contributed by atoms with Crippen LogP contribution in [0.15, 0.2) is 33.7 Å². The maximum Gasteiger partial charge on any atom is 0.407 e. The molecule has 5 rings (SSSR count). The molecule has 0 spiro atoms. The fourth-order valence-electron chi connectivity index (χ4n) is 7.95. The van der Waals surface area contributed by atoms with E-state index in [9.17, 15) is 24.0 Å². The SMILES string of the molecule is CCC(=O)NCC(=O)NC(CCCCNC(=O)OC(C)(C)C)C(=O)N(C)C.CCC1=C2C=c3[nH]c(cc3C)=C(C)C3=NC(=Cc4[nH]c(c(CC)c4C)C=C(N2)C1=S)C(C)C3.CCCCNC(=O)OC(C)(C)C. The van der Waals surface area contributed by atoms with E-state index in [1.165, 1.54) is 38.4 Å². The van der Waals surface area contributed by atoms with Gasteiger partial charge in [0, 0.05) is 78.7 Å². The third kappa shape index (κ3) is 18.9. The van der Waals surface area contributed by atoms with Crippen LogP contribution >= 0.6 is 12.2 Å². The summed E-state index contributed by atoms with van der Waals surface area (Å²) < 4.78 is 10.2. The molecule has 8 bridgehead atoms. The fraction of sp³-hybridized carbons (Fsp3) is 0.582. The summed E-state index contributed by atoms with van der Waals surface area (Å²) in [6, 6.07) is 1.56. The van der Waals surface area contributed by atoms with Gasteiger partial charge in [0.25, 0.3) is 0 Å². The second kappa shape index (κ2) is 27.7. The van der Waals surface area contributed by atoms with Gasteiger partial charge in [0.2, 0.25) is 17.7 Å². The predicted octanol–water partition coefficient (Wildman–Crippen LogP) is 8.08. The van der Waals surface area contributed by atoms with Crippen molar-refractivity contribution < 1.29 is 33.4 Å². The van der Waals surface area contributed by atoms with Gasteiger partial charge in [-0.25, -0.2) is 9.59 Å². The fourth-order valence-corrected chi connectivity index (χ4v) is 8.32. The van der Waals surface area contributed by atoms with E-state index in [0.29, 0.717) is 38.3 Å². The van der Waals surface area contributed by atoms with E-state index < -0.39 is 29.2 Å². The second-order valence-electron chi connectivity index (χ2n) is 20.6. The highest BCUT2D eigenvalue weighted by Gasteiger charge is 2.26. The molecule has 16 nitrogen and oxygen atoms in total. The van der Waals surface area contributed by atoms with E-state index in [1.807, 2.05) is 20.8 Å². The molecule has 0 radical (unpaired) electrons. The average molecular weight is 1020 g/mol. The summed E-state index contributed by atoms with van der Waals surface area (Å²) in [5, 5.41) is 16.3. The van der Waals surface area contributed by atoms with Crippen LogP contribution in [0.25, 0.3) is 23.8 Å². The van der Waals surface area contributed by atoms with Crippen molar-refractivity contribution in [3.05, 3.63) is 67.5 Å². The van der Waals surface area contributed by atoms with Crippen molar-refractivity contribution in [1.29, 1.82) is 0 Å². The van der Waals surface area contributed by atoms with Gasteiger partial charge in [0.1, 0.15) is 17.2 Å². The molecule has 2 unspecified atom stereocenters. The van der Waals surface area contributed by atoms with E-state index in [2.05, 4.69) is 109 Å². The number of fused-ring (bicyclic) bond motifs is 7. The van der Waals surface area contributed by atoms with Gasteiger partial charge in [-0.2, -0.15) is 0 Å². The van der Waals surface area contributed by atoms with Crippen molar-refractivity contribution in [1.82, 2.24) is 41.5 Å². The topological polar surface area (TPSA) is 211 Å². The number of hydrogen-bond acceptors (Lipinski definition) is 10. The first kappa shape index (κ1) is 60.3. The molecule has 3 aliphatic rings. The first-order chi connectivity index (χ1) is 33.7. The average Bonchev–Trinajstić information content (AvgIpc) is 4.02. The molecular weight excluding hydrogens is 931 g/mol. The number of ether oxygens (including phenoxy) is 2. The number of nitrogens with one attached hydrogen (secondary N) is 7. The van der Waals surface area contributed by atoms with Crippen molar-refractivity contribution in [3.63, 3.8) is 0 Å². The normalized spacial score (nSPS) is 15.4. The number of hydrogen-bond donors (Lipinski definition) is 7. The molecule has 5 amide bonds. The van der Waals surface area contributed by atoms with Gasteiger partial charge >= 0.3 is 12.2 Å². The Balaban J connectivity index is 0.000000316. The van der Waals surface area contributed by atoms with Gasteiger partial charge in [-0.1, -0.05) is 53.3 Å². The molecule has 0 saturated carbocycles. The molecule has 0 fully saturated rings. The highest BCUT2D eigenvalue weighted by atomic mass is 32.1. The van der Waals surface area contributed by atoms with Gasteiger partial charge < -0.3 is 50.9 Å². The van der Waals surface area contributed by atoms with Gasteiger partial charge in [-0.3, -0.25) is 19.4 Å². The lowest BCUT2D eigenvalue weighted by atomic mass is 10.00. The van der Waals surface area contributed by atoms with E-state index >= 15 is 0 Å². The summed E-state index contributed by atoms with van der Waals surface area (Å²) in [6.45, 7) is 28.8. The second-order valence-corrected chi connectivity index (χ2v) is 21.0. The minimum Gasteiger partial charge on any atom is -0.444 e. The third-order valence-corrected chi connectivity index (χ3v) is 12.4. The van der Waals surface area contributed by atoms with Crippen molar-refractivity contribution >= 4 is 76.5 Å². The highest BCUT2D eigenvalue weighted by Crippen LogP contribution is 2.32. The number of amides is 5. The number of carbonyl (C=O) groups excluding carboxylic acids is 5. The number of allylic oxidation sites excluding steroid dienone is 3. The summed E-state index contributed by atoms with van der Waals surface area (Å²) in [6.07, 6.45) is 12.7. The van der Waals surface area contributed by atoms with Gasteiger partial charge in [-0.15, -0.1) is 0 Å². The van der Waals surface area contributed by atoms with Gasteiger partial charge in [0.05, 0.1) is 17.1 Å². The van der Waals surface area contributed by atoms with Crippen LogP contribution in [0.4, 0.5) is 9.59 Å². The van der Waals surface area contributed by atoms with Crippen molar-refractivity contribution in [2.24, 2.45) is 10.9 Å². The molecule has 0 saturated heterocycles. The summed E-state index contributed by atoms with van der Waals surface area (Å²) >= 11 is 5.91. The molecule has 5 heterocycles. The van der Waals surface area contributed by atoms with Crippen LogP contribution in [0, 0.1) is 19.8 Å². The lowest BCUT2D eigenvalue weighted by Gasteiger charge is -2.22. The van der Waals surface area contributed by atoms with Gasteiger partial charge in [0.15, 0.2) is 0 Å². The molecule has 2 aromatic heterocycles. The Labute approximate surface area is 433 Å². The van der Waals surface area contributed by atoms with Crippen molar-refractivity contribution in [2.45, 2.75) is 172 Å². The largest absolute Gasteiger partial charge is 0.444 e. The van der Waals surface area contributed by atoms with E-state index in [1.54, 1.807) is 41.8 Å². The third-order valence-electron chi connectivity index (χ3n) is 11.9. The number of thiocarbonyl (C=S) groups is 1. The molecule has 398 valence electrons. The molecule has 0 aromatic carbocycles. The Morgan fingerprint density at radius 2 is 1.44 bits per heavy atom. The number of rotatable bonds is 15. The van der Waals surface area contributed by atoms with Crippen LogP contribution in [0.2, 0.25) is 0 Å². The number of alkyl carbamates (subject to hydrolysis) is 2. The quantitative estimate of drug-likeness (QED) is 0.0678. The number of unbranched alkanes of at least 4 members (excludes halogenated alkanes) is 2. The Kier molecular flexibility index (Phi) is 23.2. The highest BCUT2D eigenvalue weighted by molar-refractivity contribution is 7.81. The summed E-state index contributed by atoms with van der Waals surface area (Å²) in [5.41, 5.74) is 12.0. The number of aryl methyl sites for hydroxylation is 1. The lowest BCUT2D eigenvalue weighted by Crippen LogP contribution is -2.49. The minimum atomic E-state index is -0.674. The van der Waals surface area contributed by atoms with Crippen LogP contribution < -0.4 is 37.3 Å². The van der Waals surface area contributed by atoms with E-state index in [4.69, 9.17) is 26.7 Å². The summed E-state index contributed by atoms with van der Waals surface area (Å²) in [4.78, 5) is 72.7. The number of carbonyl (C=O) groups is 5. The first-order valence-electron chi connectivity index (χ1n) is 25.6. The minimum absolute atomic E-state index is 0.163. The molecule has 72 heavy (non-hydrogen) atoms. The Bertz CT molecular complexity index is 2530. The van der Waals surface area contributed by atoms with Crippen LogP contribution in [0.3, 0.4) is 0 Å². The zero-order valence-corrected chi connectivity index (χ0v) is 46.9. The standard InChI is InChI=1S/C28H32N4S.C18H34N4O5.C9H19NO2/c1-7-18-16(5)24-11-20-14(3)9-22(29-20)17(6)23-10-15(4)21(30-23)12-26-19(8-2)28(33)27(32-26)13-25(18)31-24;1-7-14(23)20-12-15(24)21-13(16(25)22(5)6)10-8-9-11-19-17(26)27-18(2,3)4;1-5-6-7-10-8(11)12-9(2,3)4/h10-14,30-32H,7-9H2,1-6H3;13H,7-12H2,1-6H3,(H,19,26)(H,20,23)(H,21,24);5-7H2,1-4H3,(H,10,11). The maximum atomic E-state index is 12.2. The number of aromatic amines is 2. The smallest absolute Gasteiger partial charge is 0.407 e. The molecule has 0 aliphatic carbocycles. The maximum absolute atomic E-state index is 12.2. The van der Waals surface area contributed by atoms with E-state index in [0.717, 1.165) is 76.1 Å². The lowest BCUT2D eigenvalue weighted by molar-refractivity contribution is -0.134. The van der Waals surface area contributed by atoms with Crippen molar-refractivity contribution in [2.75, 3.05) is 33.7 Å². The zero-order chi connectivity index (χ0) is 54.1. The van der Waals surface area contributed by atoms with Crippen molar-refractivity contribution in [3.8, 4) is 0 Å². The van der Waals surface area contributed by atoms with E-state index in [-0.39, 0.29) is 30.9 Å². The zero-order valence-electron chi connectivity index (χ0n) is 46.1. The number of nitrogens with zero attached hydrogens (tertiary/aromatic N) is 2. The number of aromatic nitrogens is 2. The molecular formula is C55H85N9O7S. The van der Waals surface area contributed by atoms with Crippen LogP contribution in [0.1, 0.15) is 163 Å². The van der Waals surface area contributed by atoms with Crippen LogP contribution in [0.5, 0.6) is 0 Å². The Hall–Kier alpha value is -5.97. The summed E-state index contributed by atoms with van der Waals surface area (Å²) in [7, 11) is 3.23. The summed E-state index contributed by atoms with van der Waals surface area (Å²) in [5.74, 6) is -0.465. The molecule has 2 aromatic rings. The molecule has 3 aliphatic heterocycles. The monoisotopic (exact) mass is 1020 g/mol. The number of H-pyrrole nitrogens is 2.